The van der Waals surface area contributed by atoms with Crippen molar-refractivity contribution in [3.63, 3.8) is 0 Å². The van der Waals surface area contributed by atoms with Crippen LogP contribution in [-0.4, -0.2) is 26.0 Å². The Morgan fingerprint density at radius 3 is 2.56 bits per heavy atom. The van der Waals surface area contributed by atoms with Crippen LogP contribution in [0.15, 0.2) is 30.5 Å². The lowest BCUT2D eigenvalue weighted by Gasteiger charge is -2.22. The molecule has 1 amide bonds. The van der Waals surface area contributed by atoms with Crippen molar-refractivity contribution in [2.75, 3.05) is 0 Å². The lowest BCUT2D eigenvalue weighted by Crippen LogP contribution is -2.18. The van der Waals surface area contributed by atoms with Gasteiger partial charge in [0.2, 0.25) is 5.91 Å². The van der Waals surface area contributed by atoms with Gasteiger partial charge in [-0.25, -0.2) is 4.68 Å². The molecule has 0 saturated heterocycles. The molecule has 1 heterocycles. The lowest BCUT2D eigenvalue weighted by atomic mass is 9.84. The van der Waals surface area contributed by atoms with Gasteiger partial charge in [-0.1, -0.05) is 30.3 Å². The average Bonchev–Trinajstić information content (AvgIpc) is 3.03. The first kappa shape index (κ1) is 18.2. The number of carbonyl (C=O) groups excluding carboxylic acids is 1. The Balaban J connectivity index is 1.48. The Morgan fingerprint density at radius 2 is 2.00 bits per heavy atom. The summed E-state index contributed by atoms with van der Waals surface area (Å²) in [6.45, 7) is 5.65. The van der Waals surface area contributed by atoms with Crippen molar-refractivity contribution in [1.82, 2.24) is 15.0 Å². The SMILES string of the molecule is CC[C@@H](c1ccccc1C(N)=O)C1[C@@H]2CC(n3cc(C(C)(C)O)nn3)C[C@@H]12. The number of nitrogens with two attached hydrogens (primary N) is 1. The summed E-state index contributed by atoms with van der Waals surface area (Å²) in [5, 5.41) is 18.5. The van der Waals surface area contributed by atoms with E-state index >= 15 is 0 Å². The van der Waals surface area contributed by atoms with E-state index in [0.29, 0.717) is 41.0 Å². The summed E-state index contributed by atoms with van der Waals surface area (Å²) in [5.74, 6) is 1.98. The van der Waals surface area contributed by atoms with Gasteiger partial charge >= 0.3 is 0 Å². The molecule has 2 aliphatic carbocycles. The van der Waals surface area contributed by atoms with Crippen LogP contribution in [0.2, 0.25) is 0 Å². The zero-order valence-corrected chi connectivity index (χ0v) is 16.2. The molecule has 2 fully saturated rings. The molecule has 27 heavy (non-hydrogen) atoms. The van der Waals surface area contributed by atoms with Crippen molar-refractivity contribution < 1.29 is 9.90 Å². The lowest BCUT2D eigenvalue weighted by molar-refractivity contribution is 0.0737. The molecule has 2 aliphatic rings. The van der Waals surface area contributed by atoms with E-state index in [-0.39, 0.29) is 5.91 Å². The second-order valence-corrected chi connectivity index (χ2v) is 8.64. The largest absolute Gasteiger partial charge is 0.384 e. The van der Waals surface area contributed by atoms with Crippen molar-refractivity contribution in [3.05, 3.63) is 47.3 Å². The third-order valence-corrected chi connectivity index (χ3v) is 6.53. The number of carbonyl (C=O) groups is 1. The Bertz CT molecular complexity index is 842. The van der Waals surface area contributed by atoms with Gasteiger partial charge in [-0.15, -0.1) is 5.10 Å². The van der Waals surface area contributed by atoms with Crippen LogP contribution in [0.1, 0.15) is 73.6 Å². The van der Waals surface area contributed by atoms with Crippen LogP contribution < -0.4 is 5.73 Å². The molecule has 4 rings (SSSR count). The number of amides is 1. The smallest absolute Gasteiger partial charge is 0.248 e. The van der Waals surface area contributed by atoms with E-state index in [9.17, 15) is 9.90 Å². The zero-order valence-electron chi connectivity index (χ0n) is 16.2. The molecule has 6 heteroatoms. The standard InChI is InChI=1S/C21H28N4O2/c1-4-13(14-7-5-6-8-15(14)20(22)26)19-16-9-12(10-17(16)19)25-11-18(23-24-25)21(2,3)27/h5-8,11-13,16-17,19,27H,4,9-10H2,1-3H3,(H2,22,26)/t12?,13-,16+,17+,19?/m0/s1. The number of benzene rings is 1. The number of fused-ring (bicyclic) bond motifs is 1. The number of hydrogen-bond donors (Lipinski definition) is 2. The molecule has 1 aromatic heterocycles. The van der Waals surface area contributed by atoms with Crippen molar-refractivity contribution >= 4 is 5.91 Å². The molecule has 144 valence electrons. The van der Waals surface area contributed by atoms with Crippen LogP contribution in [0.25, 0.3) is 0 Å². The first-order valence-corrected chi connectivity index (χ1v) is 9.84. The van der Waals surface area contributed by atoms with Crippen molar-refractivity contribution in [2.45, 2.75) is 57.6 Å². The monoisotopic (exact) mass is 368 g/mol. The topological polar surface area (TPSA) is 94.0 Å². The van der Waals surface area contributed by atoms with Crippen LogP contribution >= 0.6 is 0 Å². The van der Waals surface area contributed by atoms with E-state index in [2.05, 4.69) is 23.3 Å². The van der Waals surface area contributed by atoms with Crippen LogP contribution in [0.5, 0.6) is 0 Å². The Hall–Kier alpha value is -2.21. The molecule has 2 saturated carbocycles. The number of primary amides is 1. The highest BCUT2D eigenvalue weighted by Crippen LogP contribution is 2.66. The molecule has 0 spiro atoms. The van der Waals surface area contributed by atoms with Crippen LogP contribution in [0.4, 0.5) is 0 Å². The minimum atomic E-state index is -0.964. The Morgan fingerprint density at radius 1 is 1.33 bits per heavy atom. The second-order valence-electron chi connectivity index (χ2n) is 8.64. The fourth-order valence-corrected chi connectivity index (χ4v) is 5.16. The van der Waals surface area contributed by atoms with Crippen molar-refractivity contribution in [2.24, 2.45) is 23.5 Å². The van der Waals surface area contributed by atoms with E-state index in [1.54, 1.807) is 13.8 Å². The third-order valence-electron chi connectivity index (χ3n) is 6.53. The van der Waals surface area contributed by atoms with Gasteiger partial charge in [0.25, 0.3) is 0 Å². The van der Waals surface area contributed by atoms with Crippen molar-refractivity contribution in [3.8, 4) is 0 Å². The van der Waals surface area contributed by atoms with Crippen molar-refractivity contribution in [1.29, 1.82) is 0 Å². The normalized spacial score (nSPS) is 26.0. The zero-order chi connectivity index (χ0) is 19.3. The maximum absolute atomic E-state index is 11.8. The highest BCUT2D eigenvalue weighted by atomic mass is 16.3. The van der Waals surface area contributed by atoms with Gasteiger partial charge in [0, 0.05) is 5.56 Å². The number of aromatic nitrogens is 3. The van der Waals surface area contributed by atoms with Gasteiger partial charge < -0.3 is 10.8 Å². The Kier molecular flexibility index (Phi) is 4.34. The molecule has 3 N–H and O–H groups in total. The quantitative estimate of drug-likeness (QED) is 0.819. The van der Waals surface area contributed by atoms with Gasteiger partial charge in [-0.3, -0.25) is 4.79 Å². The second kappa shape index (κ2) is 6.44. The summed E-state index contributed by atoms with van der Waals surface area (Å²) in [5.41, 5.74) is 7.02. The molecular weight excluding hydrogens is 340 g/mol. The summed E-state index contributed by atoms with van der Waals surface area (Å²) >= 11 is 0. The van der Waals surface area contributed by atoms with Gasteiger partial charge in [0.1, 0.15) is 11.3 Å². The minimum absolute atomic E-state index is 0.338. The molecule has 0 bridgehead atoms. The summed E-state index contributed by atoms with van der Waals surface area (Å²) in [6, 6.07) is 8.13. The molecule has 1 aromatic carbocycles. The first-order chi connectivity index (χ1) is 12.8. The highest BCUT2D eigenvalue weighted by Gasteiger charge is 2.59. The summed E-state index contributed by atoms with van der Waals surface area (Å²) in [4.78, 5) is 11.8. The molecule has 0 radical (unpaired) electrons. The molecule has 6 nitrogen and oxygen atoms in total. The van der Waals surface area contributed by atoms with Gasteiger partial charge in [0.15, 0.2) is 0 Å². The fourth-order valence-electron chi connectivity index (χ4n) is 5.16. The summed E-state index contributed by atoms with van der Waals surface area (Å²) in [7, 11) is 0. The van der Waals surface area contributed by atoms with Gasteiger partial charge in [-0.2, -0.15) is 0 Å². The van der Waals surface area contributed by atoms with Crippen LogP contribution in [0, 0.1) is 17.8 Å². The van der Waals surface area contributed by atoms with E-state index in [4.69, 9.17) is 5.73 Å². The predicted octanol–water partition coefficient (Wildman–Crippen LogP) is 3.00. The number of rotatable bonds is 6. The third kappa shape index (κ3) is 3.16. The highest BCUT2D eigenvalue weighted by molar-refractivity contribution is 5.94. The number of hydrogen-bond acceptors (Lipinski definition) is 4. The maximum atomic E-state index is 11.8. The van der Waals surface area contributed by atoms with E-state index < -0.39 is 5.60 Å². The fraction of sp³-hybridized carbons (Fsp3) is 0.571. The number of aliphatic hydroxyl groups is 1. The van der Waals surface area contributed by atoms with Gasteiger partial charge in [-0.05, 0) is 68.4 Å². The maximum Gasteiger partial charge on any atom is 0.248 e. The van der Waals surface area contributed by atoms with Crippen LogP contribution in [0.3, 0.4) is 0 Å². The first-order valence-electron chi connectivity index (χ1n) is 9.84. The molecule has 0 unspecified atom stereocenters. The summed E-state index contributed by atoms with van der Waals surface area (Å²) < 4.78 is 1.93. The number of nitrogens with zero attached hydrogens (tertiary/aromatic N) is 3. The average molecular weight is 368 g/mol. The minimum Gasteiger partial charge on any atom is -0.384 e. The Labute approximate surface area is 159 Å². The summed E-state index contributed by atoms with van der Waals surface area (Å²) in [6.07, 6.45) is 5.06. The predicted molar refractivity (Wildman–Crippen MR) is 102 cm³/mol. The molecular formula is C21H28N4O2. The van der Waals surface area contributed by atoms with Gasteiger partial charge in [0.05, 0.1) is 12.2 Å². The molecule has 3 atom stereocenters. The van der Waals surface area contributed by atoms with E-state index in [1.807, 2.05) is 29.1 Å². The molecule has 2 aromatic rings. The molecule has 0 aliphatic heterocycles. The van der Waals surface area contributed by atoms with E-state index in [0.717, 1.165) is 24.8 Å². The van der Waals surface area contributed by atoms with Crippen LogP contribution in [-0.2, 0) is 5.60 Å². The van der Waals surface area contributed by atoms with E-state index in [1.165, 1.54) is 0 Å².